The molecule has 2 aromatic heterocycles. The molecule has 4 aliphatic carbocycles. The summed E-state index contributed by atoms with van der Waals surface area (Å²) in [5, 5.41) is 3.52. The number of fused-ring (bicyclic) bond motifs is 2. The van der Waals surface area contributed by atoms with E-state index in [-0.39, 0.29) is 18.2 Å². The summed E-state index contributed by atoms with van der Waals surface area (Å²) in [6.07, 6.45) is 8.39. The minimum Gasteiger partial charge on any atom is -0.461 e. The Morgan fingerprint density at radius 3 is 3.00 bits per heavy atom. The van der Waals surface area contributed by atoms with Gasteiger partial charge in [0.05, 0.1) is 11.6 Å². The van der Waals surface area contributed by atoms with Crippen molar-refractivity contribution in [3.05, 3.63) is 34.7 Å². The number of hydrogen-bond acceptors (Lipinski definition) is 4. The highest BCUT2D eigenvalue weighted by atomic mass is 35.5. The van der Waals surface area contributed by atoms with Crippen LogP contribution in [0.2, 0.25) is 5.02 Å². The van der Waals surface area contributed by atoms with Crippen LogP contribution in [0, 0.1) is 35.0 Å². The van der Waals surface area contributed by atoms with Crippen LogP contribution in [0.5, 0.6) is 0 Å². The van der Waals surface area contributed by atoms with Crippen LogP contribution in [0.4, 0.5) is 0 Å². The summed E-state index contributed by atoms with van der Waals surface area (Å²) in [6, 6.07) is 3.36. The summed E-state index contributed by atoms with van der Waals surface area (Å²) in [5.74, 6) is 3.51. The van der Waals surface area contributed by atoms with Gasteiger partial charge in [-0.25, -0.2) is 9.78 Å². The number of rotatable bonds is 5. The number of carbonyl (C=O) groups is 2. The molecule has 1 N–H and O–H groups in total. The highest BCUT2D eigenvalue weighted by molar-refractivity contribution is 6.33. The van der Waals surface area contributed by atoms with Crippen LogP contribution in [0.1, 0.15) is 60.0 Å². The average molecular weight is 428 g/mol. The maximum absolute atomic E-state index is 13.2. The van der Waals surface area contributed by atoms with Crippen LogP contribution in [-0.4, -0.2) is 34.4 Å². The van der Waals surface area contributed by atoms with Gasteiger partial charge in [0.15, 0.2) is 5.69 Å². The second-order valence-corrected chi connectivity index (χ2v) is 10.1. The first kappa shape index (κ1) is 18.7. The zero-order valence-electron chi connectivity index (χ0n) is 17.1. The molecule has 6 nitrogen and oxygen atoms in total. The van der Waals surface area contributed by atoms with E-state index in [1.165, 1.54) is 38.3 Å². The Kier molecular flexibility index (Phi) is 4.02. The predicted molar refractivity (Wildman–Crippen MR) is 111 cm³/mol. The maximum atomic E-state index is 13.2. The fourth-order valence-electron chi connectivity index (χ4n) is 7.39. The van der Waals surface area contributed by atoms with Crippen molar-refractivity contribution < 1.29 is 14.3 Å². The number of nitrogens with zero attached hydrogens (tertiary/aromatic N) is 2. The zero-order chi connectivity index (χ0) is 20.6. The van der Waals surface area contributed by atoms with Crippen molar-refractivity contribution in [1.82, 2.24) is 14.7 Å². The molecule has 4 aliphatic rings. The number of carbonyl (C=O) groups excluding carboxylic acids is 2. The first-order chi connectivity index (χ1) is 14.5. The number of nitrogens with one attached hydrogen (secondary N) is 1. The third kappa shape index (κ3) is 2.52. The number of pyridine rings is 1. The van der Waals surface area contributed by atoms with Crippen molar-refractivity contribution in [1.29, 1.82) is 0 Å². The fraction of sp³-hybridized carbons (Fsp3) is 0.609. The molecule has 0 aliphatic heterocycles. The Morgan fingerprint density at radius 2 is 2.17 bits per heavy atom. The zero-order valence-corrected chi connectivity index (χ0v) is 17.8. The minimum absolute atomic E-state index is 0.174. The van der Waals surface area contributed by atoms with Crippen LogP contribution < -0.4 is 5.32 Å². The molecule has 1 amide bonds. The highest BCUT2D eigenvalue weighted by Gasteiger charge is 2.72. The molecule has 2 heterocycles. The third-order valence-corrected chi connectivity index (χ3v) is 8.74. The molecule has 6 rings (SSSR count). The molecule has 0 radical (unpaired) electrons. The molecule has 0 saturated heterocycles. The lowest BCUT2D eigenvalue weighted by Crippen LogP contribution is -2.35. The first-order valence-corrected chi connectivity index (χ1v) is 11.5. The van der Waals surface area contributed by atoms with Crippen LogP contribution in [0.15, 0.2) is 18.3 Å². The van der Waals surface area contributed by atoms with E-state index >= 15 is 0 Å². The summed E-state index contributed by atoms with van der Waals surface area (Å²) >= 11 is 6.39. The quantitative estimate of drug-likeness (QED) is 0.733. The van der Waals surface area contributed by atoms with E-state index in [9.17, 15) is 9.59 Å². The first-order valence-electron chi connectivity index (χ1n) is 11.1. The van der Waals surface area contributed by atoms with E-state index < -0.39 is 5.97 Å². The van der Waals surface area contributed by atoms with Gasteiger partial charge in [-0.2, -0.15) is 0 Å². The molecule has 4 fully saturated rings. The lowest BCUT2D eigenvalue weighted by molar-refractivity contribution is 0.0520. The Hall–Kier alpha value is -2.08. The van der Waals surface area contributed by atoms with E-state index in [0.29, 0.717) is 34.2 Å². The van der Waals surface area contributed by atoms with E-state index in [1.54, 1.807) is 23.5 Å². The molecule has 2 bridgehead atoms. The summed E-state index contributed by atoms with van der Waals surface area (Å²) < 4.78 is 6.63. The van der Waals surface area contributed by atoms with Gasteiger partial charge in [0, 0.05) is 12.7 Å². The number of hydrogen-bond donors (Lipinski definition) is 1. The van der Waals surface area contributed by atoms with Gasteiger partial charge in [-0.15, -0.1) is 0 Å². The molecule has 0 aromatic carbocycles. The number of ether oxygens (including phenoxy) is 1. The van der Waals surface area contributed by atoms with Crippen molar-refractivity contribution in [3.8, 4) is 0 Å². The predicted octanol–water partition coefficient (Wildman–Crippen LogP) is 3.97. The number of esters is 1. The highest BCUT2D eigenvalue weighted by Crippen LogP contribution is 2.78. The monoisotopic (exact) mass is 427 g/mol. The molecule has 1 spiro atoms. The van der Waals surface area contributed by atoms with Crippen molar-refractivity contribution in [2.75, 3.05) is 13.2 Å². The van der Waals surface area contributed by atoms with Crippen LogP contribution in [0.3, 0.4) is 0 Å². The molecule has 6 atom stereocenters. The van der Waals surface area contributed by atoms with Crippen molar-refractivity contribution in [2.24, 2.45) is 35.0 Å². The summed E-state index contributed by atoms with van der Waals surface area (Å²) in [7, 11) is 0. The molecule has 30 heavy (non-hydrogen) atoms. The topological polar surface area (TPSA) is 72.7 Å². The van der Waals surface area contributed by atoms with Crippen LogP contribution in [-0.2, 0) is 4.74 Å². The van der Waals surface area contributed by atoms with Gasteiger partial charge < -0.3 is 10.1 Å². The Morgan fingerprint density at radius 1 is 1.30 bits per heavy atom. The minimum atomic E-state index is -0.504. The number of aromatic nitrogens is 2. The number of halogens is 1. The van der Waals surface area contributed by atoms with Crippen molar-refractivity contribution >= 4 is 29.1 Å². The Balaban J connectivity index is 1.23. The van der Waals surface area contributed by atoms with Gasteiger partial charge in [-0.1, -0.05) is 11.6 Å². The van der Waals surface area contributed by atoms with Gasteiger partial charge in [0.25, 0.3) is 5.91 Å². The van der Waals surface area contributed by atoms with Gasteiger partial charge in [0.1, 0.15) is 11.3 Å². The summed E-state index contributed by atoms with van der Waals surface area (Å²) in [4.78, 5) is 29.5. The van der Waals surface area contributed by atoms with E-state index in [1.807, 2.05) is 0 Å². The average Bonchev–Trinajstić information content (AvgIpc) is 2.99. The van der Waals surface area contributed by atoms with Crippen LogP contribution in [0.25, 0.3) is 5.65 Å². The summed E-state index contributed by atoms with van der Waals surface area (Å²) in [6.45, 7) is 2.73. The molecule has 2 aromatic rings. The van der Waals surface area contributed by atoms with Gasteiger partial charge >= 0.3 is 5.97 Å². The molecular weight excluding hydrogens is 402 g/mol. The molecule has 4 saturated carbocycles. The summed E-state index contributed by atoms with van der Waals surface area (Å²) in [5.41, 5.74) is 1.51. The second kappa shape index (κ2) is 6.46. The standard InChI is InChI=1S/C23H26ClN3O3/c1-2-30-22(29)18-11-27-19(26-18)4-3-17(24)20(27)21(28)25-10-15-8-13-5-12-6-14-9-23(14,15)16(13)7-12/h3-4,11-16H,2,5-10H2,1H3,(H,25,28). The van der Waals surface area contributed by atoms with E-state index in [4.69, 9.17) is 16.3 Å². The van der Waals surface area contributed by atoms with E-state index in [2.05, 4.69) is 10.3 Å². The Bertz CT molecular complexity index is 1060. The molecule has 6 unspecified atom stereocenters. The van der Waals surface area contributed by atoms with Gasteiger partial charge in [-0.3, -0.25) is 9.20 Å². The van der Waals surface area contributed by atoms with Crippen molar-refractivity contribution in [2.45, 2.75) is 39.0 Å². The van der Waals surface area contributed by atoms with Gasteiger partial charge in [0.2, 0.25) is 0 Å². The molecular formula is C23H26ClN3O3. The second-order valence-electron chi connectivity index (χ2n) is 9.70. The SMILES string of the molecule is CCOC(=O)c1cn2c(C(=O)NCC3CC4CC5CC6CC36C4C5)c(Cl)ccc2n1. The fourth-order valence-corrected chi connectivity index (χ4v) is 7.63. The number of amides is 1. The largest absolute Gasteiger partial charge is 0.461 e. The van der Waals surface area contributed by atoms with Crippen LogP contribution >= 0.6 is 11.6 Å². The lowest BCUT2D eigenvalue weighted by atomic mass is 9.75. The molecule has 7 heteroatoms. The lowest BCUT2D eigenvalue weighted by Gasteiger charge is -2.31. The normalized spacial score (nSPS) is 35.3. The smallest absolute Gasteiger partial charge is 0.358 e. The molecule has 158 valence electrons. The van der Waals surface area contributed by atoms with Gasteiger partial charge in [-0.05, 0) is 86.2 Å². The third-order valence-electron chi connectivity index (χ3n) is 8.44. The van der Waals surface area contributed by atoms with Crippen molar-refractivity contribution in [3.63, 3.8) is 0 Å². The number of imidazole rings is 1. The Labute approximate surface area is 180 Å². The van der Waals surface area contributed by atoms with E-state index in [0.717, 1.165) is 23.7 Å². The maximum Gasteiger partial charge on any atom is 0.358 e.